The van der Waals surface area contributed by atoms with Crippen molar-refractivity contribution in [1.29, 1.82) is 0 Å². The van der Waals surface area contributed by atoms with Gasteiger partial charge in [0, 0.05) is 13.6 Å². The Kier molecular flexibility index (Phi) is 6.20. The lowest BCUT2D eigenvalue weighted by Crippen LogP contribution is -2.28. The maximum atomic E-state index is 11.7. The summed E-state index contributed by atoms with van der Waals surface area (Å²) in [4.78, 5) is 30.5. The molecule has 0 saturated carbocycles. The number of rotatable bonds is 6. The molecule has 0 unspecified atom stereocenters. The molecule has 1 rings (SSSR count). The van der Waals surface area contributed by atoms with Crippen molar-refractivity contribution in [2.24, 2.45) is 5.92 Å². The van der Waals surface area contributed by atoms with Crippen molar-refractivity contribution in [2.75, 3.05) is 13.7 Å². The van der Waals surface area contributed by atoms with E-state index < -0.39 is 13.9 Å². The second-order valence-corrected chi connectivity index (χ2v) is 6.22. The average Bonchev–Trinajstić information content (AvgIpc) is 2.36. The molecular weight excluding hydrogens is 297 g/mol. The summed E-state index contributed by atoms with van der Waals surface area (Å²) in [5.41, 5.74) is 0.789. The molecule has 1 amide bonds. The first-order valence-corrected chi connectivity index (χ1v) is 7.92. The molecule has 0 heterocycles. The number of amides is 1. The average molecular weight is 317 g/mol. The van der Waals surface area contributed by atoms with Crippen molar-refractivity contribution in [2.45, 2.75) is 20.4 Å². The summed E-state index contributed by atoms with van der Waals surface area (Å²) in [6.45, 7) is 4.59. The normalized spacial score (nSPS) is 11.3. The second-order valence-electron chi connectivity index (χ2n) is 5.05. The molecule has 8 heteroatoms. The number of phosphoric ester groups is 1. The van der Waals surface area contributed by atoms with Gasteiger partial charge in [-0.05, 0) is 23.6 Å². The fraction of sp³-hybridized carbons (Fsp3) is 0.462. The van der Waals surface area contributed by atoms with E-state index in [1.165, 1.54) is 17.0 Å². The third-order valence-corrected chi connectivity index (χ3v) is 2.87. The van der Waals surface area contributed by atoms with Gasteiger partial charge in [-0.25, -0.2) is 9.36 Å². The zero-order chi connectivity index (χ0) is 16.0. The lowest BCUT2D eigenvalue weighted by molar-refractivity contribution is 0.0980. The zero-order valence-corrected chi connectivity index (χ0v) is 13.1. The smallest absolute Gasteiger partial charge is 0.449 e. The molecule has 7 nitrogen and oxygen atoms in total. The summed E-state index contributed by atoms with van der Waals surface area (Å²) < 4.78 is 20.2. The van der Waals surface area contributed by atoms with Gasteiger partial charge in [-0.3, -0.25) is 9.79 Å². The van der Waals surface area contributed by atoms with Crippen molar-refractivity contribution >= 4 is 13.9 Å². The largest absolute Gasteiger partial charge is 0.524 e. The van der Waals surface area contributed by atoms with Crippen LogP contribution in [-0.2, 0) is 15.8 Å². The molecule has 1 aromatic rings. The van der Waals surface area contributed by atoms with E-state index in [4.69, 9.17) is 14.5 Å². The lowest BCUT2D eigenvalue weighted by Gasteiger charge is -2.18. The highest BCUT2D eigenvalue weighted by atomic mass is 31.2. The second kappa shape index (κ2) is 7.45. The van der Waals surface area contributed by atoms with Crippen LogP contribution in [0.4, 0.5) is 4.79 Å². The summed E-state index contributed by atoms with van der Waals surface area (Å²) in [7, 11) is -2.94. The van der Waals surface area contributed by atoms with E-state index in [1.54, 1.807) is 19.2 Å². The summed E-state index contributed by atoms with van der Waals surface area (Å²) >= 11 is 0. The van der Waals surface area contributed by atoms with Gasteiger partial charge >= 0.3 is 13.9 Å². The van der Waals surface area contributed by atoms with Crippen LogP contribution in [0.3, 0.4) is 0 Å². The summed E-state index contributed by atoms with van der Waals surface area (Å²) in [6.07, 6.45) is -0.417. The molecule has 118 valence electrons. The van der Waals surface area contributed by atoms with E-state index in [9.17, 15) is 9.36 Å². The number of hydrogen-bond acceptors (Lipinski definition) is 4. The van der Waals surface area contributed by atoms with Crippen molar-refractivity contribution in [1.82, 2.24) is 4.90 Å². The third-order valence-electron chi connectivity index (χ3n) is 2.42. The van der Waals surface area contributed by atoms with Gasteiger partial charge in [0.15, 0.2) is 0 Å². The molecule has 0 aliphatic rings. The molecule has 21 heavy (non-hydrogen) atoms. The van der Waals surface area contributed by atoms with Gasteiger partial charge in [-0.15, -0.1) is 0 Å². The molecular formula is C13H20NO6P. The number of carbonyl (C=O) groups excluding carboxylic acids is 1. The SMILES string of the molecule is CC(C)COC(=O)N(C)Cc1ccc(OP(=O)(O)O)cc1. The van der Waals surface area contributed by atoms with Crippen LogP contribution in [0.25, 0.3) is 0 Å². The highest BCUT2D eigenvalue weighted by molar-refractivity contribution is 7.46. The predicted molar refractivity (Wildman–Crippen MR) is 76.8 cm³/mol. The fourth-order valence-electron chi connectivity index (χ4n) is 1.48. The number of benzene rings is 1. The monoisotopic (exact) mass is 317 g/mol. The Morgan fingerprint density at radius 2 is 1.86 bits per heavy atom. The van der Waals surface area contributed by atoms with E-state index >= 15 is 0 Å². The number of hydrogen-bond donors (Lipinski definition) is 2. The minimum Gasteiger partial charge on any atom is -0.449 e. The predicted octanol–water partition coefficient (Wildman–Crippen LogP) is 2.38. The molecule has 0 saturated heterocycles. The summed E-state index contributed by atoms with van der Waals surface area (Å²) in [6, 6.07) is 6.11. The molecule has 2 N–H and O–H groups in total. The first-order chi connectivity index (χ1) is 9.67. The highest BCUT2D eigenvalue weighted by Gasteiger charge is 2.16. The maximum absolute atomic E-state index is 11.7. The molecule has 0 fully saturated rings. The molecule has 0 aromatic heterocycles. The quantitative estimate of drug-likeness (QED) is 0.782. The van der Waals surface area contributed by atoms with Gasteiger partial charge in [0.1, 0.15) is 5.75 Å². The Morgan fingerprint density at radius 1 is 1.29 bits per heavy atom. The number of carbonyl (C=O) groups is 1. The number of nitrogens with zero attached hydrogens (tertiary/aromatic N) is 1. The van der Waals surface area contributed by atoms with Gasteiger partial charge in [-0.1, -0.05) is 26.0 Å². The van der Waals surface area contributed by atoms with E-state index in [1.807, 2.05) is 13.8 Å². The van der Waals surface area contributed by atoms with E-state index in [0.717, 1.165) is 5.56 Å². The van der Waals surface area contributed by atoms with E-state index in [-0.39, 0.29) is 11.7 Å². The Labute approximate surface area is 123 Å². The van der Waals surface area contributed by atoms with Crippen LogP contribution in [0.15, 0.2) is 24.3 Å². The molecule has 0 atom stereocenters. The van der Waals surface area contributed by atoms with E-state index in [2.05, 4.69) is 4.52 Å². The number of phosphoric acid groups is 1. The van der Waals surface area contributed by atoms with Crippen LogP contribution in [-0.4, -0.2) is 34.4 Å². The van der Waals surface area contributed by atoms with Gasteiger partial charge in [0.25, 0.3) is 0 Å². The maximum Gasteiger partial charge on any atom is 0.524 e. The van der Waals surface area contributed by atoms with Crippen LogP contribution in [0.5, 0.6) is 5.75 Å². The van der Waals surface area contributed by atoms with Crippen molar-refractivity contribution in [3.63, 3.8) is 0 Å². The zero-order valence-electron chi connectivity index (χ0n) is 12.2. The molecule has 0 aliphatic heterocycles. The molecule has 0 radical (unpaired) electrons. The Hall–Kier alpha value is -1.56. The number of ether oxygens (including phenoxy) is 1. The summed E-state index contributed by atoms with van der Waals surface area (Å²) in [5, 5.41) is 0. The van der Waals surface area contributed by atoms with Crippen LogP contribution >= 0.6 is 7.82 Å². The fourth-order valence-corrected chi connectivity index (χ4v) is 1.88. The standard InChI is InChI=1S/C13H20NO6P/c1-10(2)9-19-13(15)14(3)8-11-4-6-12(7-5-11)20-21(16,17)18/h4-7,10H,8-9H2,1-3H3,(H2,16,17,18). The molecule has 1 aromatic carbocycles. The topological polar surface area (TPSA) is 96.3 Å². The van der Waals surface area contributed by atoms with Crippen LogP contribution < -0.4 is 4.52 Å². The van der Waals surface area contributed by atoms with Gasteiger partial charge < -0.3 is 14.2 Å². The first kappa shape index (κ1) is 17.5. The van der Waals surface area contributed by atoms with Crippen LogP contribution in [0.1, 0.15) is 19.4 Å². The van der Waals surface area contributed by atoms with Crippen molar-refractivity contribution < 1.29 is 28.4 Å². The van der Waals surface area contributed by atoms with Gasteiger partial charge in [0.05, 0.1) is 6.61 Å². The van der Waals surface area contributed by atoms with Crippen molar-refractivity contribution in [3.05, 3.63) is 29.8 Å². The highest BCUT2D eigenvalue weighted by Crippen LogP contribution is 2.37. The minimum atomic E-state index is -4.55. The first-order valence-electron chi connectivity index (χ1n) is 6.39. The molecule has 0 bridgehead atoms. The Bertz CT molecular complexity index is 510. The van der Waals surface area contributed by atoms with Crippen LogP contribution in [0.2, 0.25) is 0 Å². The lowest BCUT2D eigenvalue weighted by atomic mass is 10.2. The third kappa shape index (κ3) is 7.13. The minimum absolute atomic E-state index is 0.0668. The Morgan fingerprint density at radius 3 is 2.33 bits per heavy atom. The van der Waals surface area contributed by atoms with Gasteiger partial charge in [-0.2, -0.15) is 0 Å². The Balaban J connectivity index is 2.55. The molecule has 0 aliphatic carbocycles. The van der Waals surface area contributed by atoms with Crippen LogP contribution in [0, 0.1) is 5.92 Å². The van der Waals surface area contributed by atoms with Gasteiger partial charge in [0.2, 0.25) is 0 Å². The summed E-state index contributed by atoms with van der Waals surface area (Å²) in [5.74, 6) is 0.337. The van der Waals surface area contributed by atoms with Crippen molar-refractivity contribution in [3.8, 4) is 5.75 Å². The molecule has 0 spiro atoms. The van der Waals surface area contributed by atoms with E-state index in [0.29, 0.717) is 13.2 Å².